The molecule has 0 aromatic carbocycles. The number of nitrogens with two attached hydrogens (primary N) is 1. The molecular formula is C19H27Cl2N5OS. The van der Waals surface area contributed by atoms with Gasteiger partial charge in [0.05, 0.1) is 32.8 Å². The summed E-state index contributed by atoms with van der Waals surface area (Å²) in [5, 5.41) is 10.4. The van der Waals surface area contributed by atoms with Gasteiger partial charge in [-0.15, -0.1) is 36.2 Å². The van der Waals surface area contributed by atoms with E-state index in [0.717, 1.165) is 34.5 Å². The molecule has 1 amide bonds. The average molecular weight is 444 g/mol. The van der Waals surface area contributed by atoms with E-state index in [9.17, 15) is 4.79 Å². The van der Waals surface area contributed by atoms with Gasteiger partial charge in [0.15, 0.2) is 5.65 Å². The molecule has 0 bridgehead atoms. The second-order valence-electron chi connectivity index (χ2n) is 6.59. The van der Waals surface area contributed by atoms with Crippen LogP contribution < -0.4 is 11.1 Å². The lowest BCUT2D eigenvalue weighted by Gasteiger charge is -2.31. The lowest BCUT2D eigenvalue weighted by molar-refractivity contribution is 0.0897. The number of fused-ring (bicyclic) bond motifs is 1. The van der Waals surface area contributed by atoms with Gasteiger partial charge in [0, 0.05) is 13.6 Å². The zero-order valence-corrected chi connectivity index (χ0v) is 18.9. The fourth-order valence-electron chi connectivity index (χ4n) is 3.25. The number of hydrogen-bond donors (Lipinski definition) is 2. The van der Waals surface area contributed by atoms with Crippen LogP contribution in [0.2, 0.25) is 0 Å². The molecule has 3 aromatic rings. The van der Waals surface area contributed by atoms with E-state index in [1.165, 1.54) is 0 Å². The number of nitrogens with one attached hydrogen (secondary N) is 1. The lowest BCUT2D eigenvalue weighted by atomic mass is 9.92. The summed E-state index contributed by atoms with van der Waals surface area (Å²) in [6.45, 7) is 6.40. The standard InChI is InChI=1S/C19H25N5OS.2ClH/c1-5-19(6-2,11-20)22-18(25)13-10-14(15-8-7-9-26-15)21-17-16(13)12(3)23-24(17)4;;/h7-10H,5-6,11,20H2,1-4H3,(H,22,25);2*1H. The van der Waals surface area contributed by atoms with Crippen LogP contribution in [0.15, 0.2) is 23.6 Å². The Bertz CT molecular complexity index is 927. The van der Waals surface area contributed by atoms with E-state index >= 15 is 0 Å². The van der Waals surface area contributed by atoms with Crippen molar-refractivity contribution in [2.45, 2.75) is 39.2 Å². The molecule has 0 fully saturated rings. The van der Waals surface area contributed by atoms with Gasteiger partial charge in [-0.1, -0.05) is 19.9 Å². The van der Waals surface area contributed by atoms with Crippen LogP contribution in [0.25, 0.3) is 21.6 Å². The monoisotopic (exact) mass is 443 g/mol. The van der Waals surface area contributed by atoms with Crippen LogP contribution in [0.3, 0.4) is 0 Å². The number of nitrogens with zero attached hydrogens (tertiary/aromatic N) is 3. The summed E-state index contributed by atoms with van der Waals surface area (Å²) in [6, 6.07) is 5.85. The zero-order chi connectivity index (χ0) is 18.9. The van der Waals surface area contributed by atoms with Gasteiger partial charge in [-0.2, -0.15) is 5.10 Å². The fraction of sp³-hybridized carbons (Fsp3) is 0.421. The summed E-state index contributed by atoms with van der Waals surface area (Å²) >= 11 is 1.60. The SMILES string of the molecule is CCC(CC)(CN)NC(=O)c1cc(-c2cccs2)nc2c1c(C)nn2C.Cl.Cl. The maximum Gasteiger partial charge on any atom is 0.252 e. The number of pyridine rings is 1. The molecule has 0 aliphatic carbocycles. The molecular weight excluding hydrogens is 417 g/mol. The minimum Gasteiger partial charge on any atom is -0.345 e. The molecule has 0 aliphatic rings. The Morgan fingerprint density at radius 1 is 1.32 bits per heavy atom. The number of halogens is 2. The number of carbonyl (C=O) groups excluding carboxylic acids is 1. The second kappa shape index (κ2) is 9.69. The first kappa shape index (κ1) is 24.4. The molecule has 9 heteroatoms. The quantitative estimate of drug-likeness (QED) is 0.600. The van der Waals surface area contributed by atoms with Crippen LogP contribution in [-0.2, 0) is 7.05 Å². The van der Waals surface area contributed by atoms with E-state index < -0.39 is 5.54 Å². The molecule has 0 saturated heterocycles. The normalized spacial score (nSPS) is 11.0. The lowest BCUT2D eigenvalue weighted by Crippen LogP contribution is -2.52. The molecule has 0 spiro atoms. The first-order valence-electron chi connectivity index (χ1n) is 8.85. The molecule has 6 nitrogen and oxygen atoms in total. The molecule has 0 atom stereocenters. The molecule has 3 N–H and O–H groups in total. The molecule has 0 radical (unpaired) electrons. The van der Waals surface area contributed by atoms with Crippen LogP contribution in [0.5, 0.6) is 0 Å². The molecule has 3 heterocycles. The first-order chi connectivity index (χ1) is 12.4. The van der Waals surface area contributed by atoms with Crippen molar-refractivity contribution in [1.29, 1.82) is 0 Å². The second-order valence-corrected chi connectivity index (χ2v) is 7.53. The van der Waals surface area contributed by atoms with Gasteiger partial charge in [-0.25, -0.2) is 4.98 Å². The van der Waals surface area contributed by atoms with Crippen molar-refractivity contribution < 1.29 is 4.79 Å². The van der Waals surface area contributed by atoms with Crippen LogP contribution in [0.4, 0.5) is 0 Å². The van der Waals surface area contributed by atoms with Crippen LogP contribution in [0, 0.1) is 6.92 Å². The predicted octanol–water partition coefficient (Wildman–Crippen LogP) is 4.10. The van der Waals surface area contributed by atoms with Gasteiger partial charge < -0.3 is 11.1 Å². The number of thiophene rings is 1. The average Bonchev–Trinajstić information content (AvgIpc) is 3.28. The molecule has 0 saturated carbocycles. The summed E-state index contributed by atoms with van der Waals surface area (Å²) < 4.78 is 1.73. The summed E-state index contributed by atoms with van der Waals surface area (Å²) in [5.41, 5.74) is 8.46. The number of aromatic nitrogens is 3. The van der Waals surface area contributed by atoms with Crippen LogP contribution >= 0.6 is 36.2 Å². The number of aryl methyl sites for hydroxylation is 2. The molecule has 28 heavy (non-hydrogen) atoms. The van der Waals surface area contributed by atoms with E-state index in [-0.39, 0.29) is 30.7 Å². The van der Waals surface area contributed by atoms with Crippen LogP contribution in [0.1, 0.15) is 42.7 Å². The van der Waals surface area contributed by atoms with Crippen molar-refractivity contribution in [3.05, 3.63) is 34.8 Å². The molecule has 3 rings (SSSR count). The van der Waals surface area contributed by atoms with Crippen molar-refractivity contribution in [3.8, 4) is 10.6 Å². The van der Waals surface area contributed by atoms with Gasteiger partial charge in [0.2, 0.25) is 0 Å². The summed E-state index contributed by atoms with van der Waals surface area (Å²) in [4.78, 5) is 19.0. The third-order valence-corrected chi connectivity index (χ3v) is 6.00. The topological polar surface area (TPSA) is 85.8 Å². The van der Waals surface area contributed by atoms with E-state index in [0.29, 0.717) is 17.8 Å². The zero-order valence-electron chi connectivity index (χ0n) is 16.5. The Morgan fingerprint density at radius 3 is 2.54 bits per heavy atom. The third-order valence-electron chi connectivity index (χ3n) is 5.11. The third kappa shape index (κ3) is 4.33. The summed E-state index contributed by atoms with van der Waals surface area (Å²) in [6.07, 6.45) is 1.56. The molecule has 0 unspecified atom stereocenters. The predicted molar refractivity (Wildman–Crippen MR) is 121 cm³/mol. The Hall–Kier alpha value is -1.67. The number of hydrogen-bond acceptors (Lipinski definition) is 5. The largest absolute Gasteiger partial charge is 0.345 e. The molecule has 154 valence electrons. The van der Waals surface area contributed by atoms with Gasteiger partial charge >= 0.3 is 0 Å². The smallest absolute Gasteiger partial charge is 0.252 e. The first-order valence-corrected chi connectivity index (χ1v) is 9.73. The van der Waals surface area contributed by atoms with Crippen molar-refractivity contribution in [3.63, 3.8) is 0 Å². The van der Waals surface area contributed by atoms with Crippen molar-refractivity contribution >= 4 is 53.1 Å². The molecule has 0 aliphatic heterocycles. The number of amides is 1. The van der Waals surface area contributed by atoms with Crippen molar-refractivity contribution in [2.75, 3.05) is 6.54 Å². The van der Waals surface area contributed by atoms with E-state index in [1.54, 1.807) is 16.0 Å². The fourth-order valence-corrected chi connectivity index (χ4v) is 3.94. The minimum atomic E-state index is -0.397. The Kier molecular flexibility index (Phi) is 8.44. The minimum absolute atomic E-state index is 0. The van der Waals surface area contributed by atoms with Gasteiger partial charge in [-0.05, 0) is 37.3 Å². The maximum atomic E-state index is 13.2. The van der Waals surface area contributed by atoms with Crippen molar-refractivity contribution in [1.82, 2.24) is 20.1 Å². The highest BCUT2D eigenvalue weighted by molar-refractivity contribution is 7.13. The van der Waals surface area contributed by atoms with Crippen LogP contribution in [-0.4, -0.2) is 32.8 Å². The van der Waals surface area contributed by atoms with Gasteiger partial charge in [0.1, 0.15) is 0 Å². The van der Waals surface area contributed by atoms with E-state index in [4.69, 9.17) is 10.7 Å². The van der Waals surface area contributed by atoms with E-state index in [1.807, 2.05) is 51.4 Å². The number of carbonyl (C=O) groups is 1. The maximum absolute atomic E-state index is 13.2. The van der Waals surface area contributed by atoms with Gasteiger partial charge in [-0.3, -0.25) is 9.48 Å². The number of rotatable bonds is 6. The van der Waals surface area contributed by atoms with Crippen molar-refractivity contribution in [2.24, 2.45) is 12.8 Å². The summed E-state index contributed by atoms with van der Waals surface area (Å²) in [5.74, 6) is -0.125. The van der Waals surface area contributed by atoms with Gasteiger partial charge in [0.25, 0.3) is 5.91 Å². The highest BCUT2D eigenvalue weighted by Gasteiger charge is 2.29. The summed E-state index contributed by atoms with van der Waals surface area (Å²) in [7, 11) is 1.85. The Balaban J connectivity index is 0.00000196. The Labute approximate surface area is 181 Å². The Morgan fingerprint density at radius 2 is 2.00 bits per heavy atom. The highest BCUT2D eigenvalue weighted by Crippen LogP contribution is 2.29. The highest BCUT2D eigenvalue weighted by atomic mass is 35.5. The van der Waals surface area contributed by atoms with E-state index in [2.05, 4.69) is 10.4 Å². The molecule has 3 aromatic heterocycles.